The van der Waals surface area contributed by atoms with Crippen molar-refractivity contribution in [1.29, 1.82) is 0 Å². The van der Waals surface area contributed by atoms with Gasteiger partial charge in [0.2, 0.25) is 21.1 Å². The maximum absolute atomic E-state index is 12.2. The Morgan fingerprint density at radius 3 is 2.54 bits per heavy atom. The van der Waals surface area contributed by atoms with Gasteiger partial charge in [-0.25, -0.2) is 8.42 Å². The zero-order chi connectivity index (χ0) is 17.7. The molecule has 10 heteroatoms. The molecule has 0 saturated carbocycles. The third-order valence-corrected chi connectivity index (χ3v) is 5.92. The minimum atomic E-state index is -3.59. The van der Waals surface area contributed by atoms with Gasteiger partial charge in [-0.1, -0.05) is 47.7 Å². The van der Waals surface area contributed by atoms with Gasteiger partial charge < -0.3 is 0 Å². The lowest BCUT2D eigenvalue weighted by Gasteiger charge is -2.21. The maximum atomic E-state index is 12.2. The number of benzene rings is 1. The van der Waals surface area contributed by atoms with Gasteiger partial charge in [-0.05, 0) is 24.8 Å². The molecule has 0 saturated heterocycles. The highest BCUT2D eigenvalue weighted by Gasteiger charge is 2.21. The number of aromatic nitrogens is 2. The van der Waals surface area contributed by atoms with E-state index >= 15 is 0 Å². The predicted molar refractivity (Wildman–Crippen MR) is 98.3 cm³/mol. The average molecular weight is 387 g/mol. The Hall–Kier alpha value is -1.65. The molecule has 1 aromatic carbocycles. The van der Waals surface area contributed by atoms with Crippen molar-refractivity contribution in [2.45, 2.75) is 18.2 Å². The summed E-state index contributed by atoms with van der Waals surface area (Å²) in [4.78, 5) is 12.2. The number of hydrogen-bond donors (Lipinski definition) is 1. The molecule has 0 aliphatic rings. The summed E-state index contributed by atoms with van der Waals surface area (Å²) in [7, 11) is -3.59. The van der Waals surface area contributed by atoms with Crippen LogP contribution in [0.2, 0.25) is 0 Å². The molecule has 7 nitrogen and oxygen atoms in total. The Kier molecular flexibility index (Phi) is 6.19. The molecule has 0 atom stereocenters. The summed E-state index contributed by atoms with van der Waals surface area (Å²) in [5.41, 5.74) is 1.45. The largest absolute Gasteiger partial charge is 0.299 e. The molecule has 0 aliphatic heterocycles. The second-order valence-corrected chi connectivity index (χ2v) is 9.35. The molecular weight excluding hydrogens is 368 g/mol. The van der Waals surface area contributed by atoms with Gasteiger partial charge in [-0.3, -0.25) is 14.4 Å². The van der Waals surface area contributed by atoms with E-state index in [0.717, 1.165) is 26.2 Å². The molecule has 24 heavy (non-hydrogen) atoms. The minimum absolute atomic E-state index is 0.322. The first-order valence-electron chi connectivity index (χ1n) is 7.10. The summed E-state index contributed by atoms with van der Waals surface area (Å²) in [5.74, 6) is 0.392. The fourth-order valence-corrected chi connectivity index (χ4v) is 4.36. The van der Waals surface area contributed by atoms with E-state index in [-0.39, 0.29) is 6.54 Å². The molecule has 130 valence electrons. The van der Waals surface area contributed by atoms with Gasteiger partial charge in [-0.2, -0.15) is 0 Å². The summed E-state index contributed by atoms with van der Waals surface area (Å²) >= 11 is 2.79. The normalized spacial score (nSPS) is 11.3. The SMILES string of the molecule is CCSc1nnc(NC(=O)CN(c2ccc(C)cc2)S(C)(=O)=O)s1. The van der Waals surface area contributed by atoms with Crippen molar-refractivity contribution < 1.29 is 13.2 Å². The number of thioether (sulfide) groups is 1. The van der Waals surface area contributed by atoms with Crippen molar-refractivity contribution in [3.8, 4) is 0 Å². The number of nitrogens with zero attached hydrogens (tertiary/aromatic N) is 3. The fourth-order valence-electron chi connectivity index (χ4n) is 1.84. The van der Waals surface area contributed by atoms with Crippen LogP contribution in [0.15, 0.2) is 28.6 Å². The molecule has 0 aliphatic carbocycles. The topological polar surface area (TPSA) is 92.3 Å². The number of rotatable bonds is 7. The molecule has 2 aromatic rings. The molecule has 2 rings (SSSR count). The Bertz CT molecular complexity index is 803. The van der Waals surface area contributed by atoms with Crippen molar-refractivity contribution in [1.82, 2.24) is 10.2 Å². The van der Waals surface area contributed by atoms with Crippen molar-refractivity contribution in [2.75, 3.05) is 28.2 Å². The summed E-state index contributed by atoms with van der Waals surface area (Å²) < 4.78 is 25.8. The summed E-state index contributed by atoms with van der Waals surface area (Å²) in [6.45, 7) is 3.58. The van der Waals surface area contributed by atoms with E-state index in [0.29, 0.717) is 10.8 Å². The number of carbonyl (C=O) groups excluding carboxylic acids is 1. The highest BCUT2D eigenvalue weighted by atomic mass is 32.2. The van der Waals surface area contributed by atoms with Gasteiger partial charge >= 0.3 is 0 Å². The Morgan fingerprint density at radius 1 is 1.29 bits per heavy atom. The van der Waals surface area contributed by atoms with Crippen LogP contribution >= 0.6 is 23.1 Å². The molecule has 1 heterocycles. The van der Waals surface area contributed by atoms with E-state index < -0.39 is 15.9 Å². The van der Waals surface area contributed by atoms with Gasteiger partial charge in [0.1, 0.15) is 6.54 Å². The third-order valence-electron chi connectivity index (χ3n) is 2.93. The van der Waals surface area contributed by atoms with Gasteiger partial charge in [0.15, 0.2) is 4.34 Å². The quantitative estimate of drug-likeness (QED) is 0.580. The predicted octanol–water partition coefficient (Wildman–Crippen LogP) is 2.36. The van der Waals surface area contributed by atoms with E-state index in [9.17, 15) is 13.2 Å². The van der Waals surface area contributed by atoms with Crippen LogP contribution in [-0.2, 0) is 14.8 Å². The van der Waals surface area contributed by atoms with Crippen LogP contribution in [0.5, 0.6) is 0 Å². The lowest BCUT2D eigenvalue weighted by molar-refractivity contribution is -0.114. The lowest BCUT2D eigenvalue weighted by Crippen LogP contribution is -2.37. The molecule has 1 N–H and O–H groups in total. The standard InChI is InChI=1S/C14H18N4O3S3/c1-4-22-14-17-16-13(23-14)15-12(19)9-18(24(3,20)21)11-7-5-10(2)6-8-11/h5-8H,4,9H2,1-3H3,(H,15,16,19). The number of aryl methyl sites for hydroxylation is 1. The Morgan fingerprint density at radius 2 is 1.96 bits per heavy atom. The molecule has 0 spiro atoms. The number of sulfonamides is 1. The van der Waals surface area contributed by atoms with Crippen molar-refractivity contribution in [2.24, 2.45) is 0 Å². The van der Waals surface area contributed by atoms with Crippen LogP contribution in [0.25, 0.3) is 0 Å². The van der Waals surface area contributed by atoms with Crippen LogP contribution in [0.3, 0.4) is 0 Å². The third kappa shape index (κ3) is 5.18. The number of anilines is 2. The first-order chi connectivity index (χ1) is 11.3. The fraction of sp³-hybridized carbons (Fsp3) is 0.357. The molecule has 0 unspecified atom stereocenters. The first-order valence-corrected chi connectivity index (χ1v) is 10.7. The molecular formula is C14H18N4O3S3. The van der Waals surface area contributed by atoms with E-state index in [1.165, 1.54) is 23.1 Å². The monoisotopic (exact) mass is 386 g/mol. The average Bonchev–Trinajstić information content (AvgIpc) is 2.92. The van der Waals surface area contributed by atoms with E-state index in [4.69, 9.17) is 0 Å². The van der Waals surface area contributed by atoms with Crippen molar-refractivity contribution in [3.63, 3.8) is 0 Å². The van der Waals surface area contributed by atoms with Crippen LogP contribution in [0, 0.1) is 6.92 Å². The second kappa shape index (κ2) is 7.95. The molecule has 0 bridgehead atoms. The number of hydrogen-bond acceptors (Lipinski definition) is 7. The van der Waals surface area contributed by atoms with Crippen LogP contribution in [-0.4, -0.2) is 43.1 Å². The summed E-state index contributed by atoms with van der Waals surface area (Å²) in [5, 5.41) is 10.8. The van der Waals surface area contributed by atoms with E-state index in [1.807, 2.05) is 13.8 Å². The smallest absolute Gasteiger partial charge is 0.246 e. The van der Waals surface area contributed by atoms with E-state index in [2.05, 4.69) is 15.5 Å². The lowest BCUT2D eigenvalue weighted by atomic mass is 10.2. The first kappa shape index (κ1) is 18.7. The highest BCUT2D eigenvalue weighted by Crippen LogP contribution is 2.25. The number of amides is 1. The van der Waals surface area contributed by atoms with Crippen molar-refractivity contribution >= 4 is 49.8 Å². The summed E-state index contributed by atoms with van der Waals surface area (Å²) in [6, 6.07) is 6.93. The van der Waals surface area contributed by atoms with Gasteiger partial charge in [0.05, 0.1) is 11.9 Å². The Balaban J connectivity index is 2.11. The molecule has 1 aromatic heterocycles. The zero-order valence-electron chi connectivity index (χ0n) is 13.5. The maximum Gasteiger partial charge on any atom is 0.246 e. The zero-order valence-corrected chi connectivity index (χ0v) is 16.0. The van der Waals surface area contributed by atoms with Gasteiger partial charge in [0.25, 0.3) is 0 Å². The van der Waals surface area contributed by atoms with Gasteiger partial charge in [-0.15, -0.1) is 10.2 Å². The second-order valence-electron chi connectivity index (χ2n) is 4.96. The number of nitrogens with one attached hydrogen (secondary N) is 1. The molecule has 1 amide bonds. The molecule has 0 fully saturated rings. The van der Waals surface area contributed by atoms with Crippen LogP contribution in [0.4, 0.5) is 10.8 Å². The van der Waals surface area contributed by atoms with E-state index in [1.54, 1.807) is 24.3 Å². The Labute approximate surface area is 149 Å². The minimum Gasteiger partial charge on any atom is -0.299 e. The van der Waals surface area contributed by atoms with Gasteiger partial charge in [0, 0.05) is 0 Å². The molecule has 0 radical (unpaired) electrons. The number of carbonyl (C=O) groups is 1. The van der Waals surface area contributed by atoms with Crippen molar-refractivity contribution in [3.05, 3.63) is 29.8 Å². The summed E-state index contributed by atoms with van der Waals surface area (Å²) in [6.07, 6.45) is 1.07. The highest BCUT2D eigenvalue weighted by molar-refractivity contribution is 8.01. The van der Waals surface area contributed by atoms with Crippen LogP contribution < -0.4 is 9.62 Å². The van der Waals surface area contributed by atoms with Crippen LogP contribution in [0.1, 0.15) is 12.5 Å².